The van der Waals surface area contributed by atoms with E-state index in [1.165, 1.54) is 0 Å². The summed E-state index contributed by atoms with van der Waals surface area (Å²) < 4.78 is 0. The molecule has 1 heterocycles. The van der Waals surface area contributed by atoms with E-state index >= 15 is 0 Å². The van der Waals surface area contributed by atoms with Crippen LogP contribution in [-0.2, 0) is 0 Å². The first-order valence-electron chi connectivity index (χ1n) is 5.59. The van der Waals surface area contributed by atoms with Crippen molar-refractivity contribution in [2.24, 2.45) is 0 Å². The minimum atomic E-state index is -0.464. The summed E-state index contributed by atoms with van der Waals surface area (Å²) in [5.74, 6) is 0. The second-order valence-corrected chi connectivity index (χ2v) is 5.30. The van der Waals surface area contributed by atoms with E-state index in [0.29, 0.717) is 11.7 Å². The van der Waals surface area contributed by atoms with Crippen molar-refractivity contribution in [3.8, 4) is 0 Å². The Balaban J connectivity index is 2.57. The monoisotopic (exact) mass is 241 g/mol. The van der Waals surface area contributed by atoms with Gasteiger partial charge in [-0.15, -0.1) is 11.8 Å². The summed E-state index contributed by atoms with van der Waals surface area (Å²) in [6.07, 6.45) is 2.78. The predicted molar refractivity (Wildman–Crippen MR) is 66.5 cm³/mol. The molecule has 0 saturated carbocycles. The van der Waals surface area contributed by atoms with Crippen molar-refractivity contribution in [3.63, 3.8) is 0 Å². The molecule has 3 nitrogen and oxygen atoms in total. The number of hydrogen-bond acceptors (Lipinski definition) is 4. The Bertz CT molecular complexity index is 302. The van der Waals surface area contributed by atoms with E-state index in [0.717, 1.165) is 17.0 Å². The summed E-state index contributed by atoms with van der Waals surface area (Å²) in [4.78, 5) is 5.31. The van der Waals surface area contributed by atoms with Crippen molar-refractivity contribution in [3.05, 3.63) is 24.0 Å². The zero-order chi connectivity index (χ0) is 12.0. The third kappa shape index (κ3) is 4.12. The molecule has 0 aliphatic heterocycles. The Morgan fingerprint density at radius 2 is 2.19 bits per heavy atom. The van der Waals surface area contributed by atoms with Gasteiger partial charge in [0.05, 0.1) is 11.8 Å². The fourth-order valence-corrected chi connectivity index (χ4v) is 2.29. The summed E-state index contributed by atoms with van der Waals surface area (Å²) in [6.45, 7) is 4.22. The van der Waals surface area contributed by atoms with Crippen molar-refractivity contribution in [2.75, 3.05) is 6.61 Å². The first-order chi connectivity index (χ1) is 7.67. The number of hydrogen-bond donors (Lipinski definition) is 2. The minimum absolute atomic E-state index is 0.216. The van der Waals surface area contributed by atoms with E-state index in [1.807, 2.05) is 19.1 Å². The number of aliphatic hydroxyl groups excluding tert-OH is 2. The van der Waals surface area contributed by atoms with Crippen LogP contribution in [0.5, 0.6) is 0 Å². The highest BCUT2D eigenvalue weighted by molar-refractivity contribution is 7.99. The molecule has 1 rings (SSSR count). The molecular formula is C12H19NO2S. The van der Waals surface area contributed by atoms with Crippen LogP contribution in [0.25, 0.3) is 0 Å². The summed E-state index contributed by atoms with van der Waals surface area (Å²) in [6, 6.07) is 3.84. The molecule has 0 amide bonds. The number of rotatable bonds is 6. The number of pyridine rings is 1. The number of thioether (sulfide) groups is 1. The van der Waals surface area contributed by atoms with Gasteiger partial charge in [-0.2, -0.15) is 0 Å². The maximum absolute atomic E-state index is 9.58. The zero-order valence-corrected chi connectivity index (χ0v) is 10.6. The van der Waals surface area contributed by atoms with Gasteiger partial charge in [-0.3, -0.25) is 4.98 Å². The van der Waals surface area contributed by atoms with E-state index in [2.05, 4.69) is 11.9 Å². The van der Waals surface area contributed by atoms with Gasteiger partial charge in [0.25, 0.3) is 0 Å². The quantitative estimate of drug-likeness (QED) is 0.751. The van der Waals surface area contributed by atoms with E-state index < -0.39 is 6.10 Å². The largest absolute Gasteiger partial charge is 0.396 e. The third-order valence-corrected chi connectivity index (χ3v) is 3.51. The molecule has 90 valence electrons. The second-order valence-electron chi connectivity index (χ2n) is 3.78. The maximum Gasteiger partial charge on any atom is 0.0957 e. The average molecular weight is 241 g/mol. The Hall–Kier alpha value is -0.580. The standard InChI is InChI=1S/C12H19NO2S/c1-3-12(15)11-5-4-10(8-13-11)16-9(2)6-7-14/h4-5,8-9,12,14-15H,3,6-7H2,1-2H3. The minimum Gasteiger partial charge on any atom is -0.396 e. The van der Waals surface area contributed by atoms with Gasteiger partial charge in [0, 0.05) is 22.9 Å². The topological polar surface area (TPSA) is 53.4 Å². The molecule has 2 unspecified atom stereocenters. The summed E-state index contributed by atoms with van der Waals surface area (Å²) in [5, 5.41) is 18.8. The van der Waals surface area contributed by atoms with Crippen LogP contribution in [0.1, 0.15) is 38.5 Å². The fraction of sp³-hybridized carbons (Fsp3) is 0.583. The summed E-state index contributed by atoms with van der Waals surface area (Å²) in [5.41, 5.74) is 0.724. The molecule has 0 saturated heterocycles. The number of aromatic nitrogens is 1. The first kappa shape index (κ1) is 13.5. The molecule has 16 heavy (non-hydrogen) atoms. The highest BCUT2D eigenvalue weighted by Gasteiger charge is 2.07. The molecule has 0 radical (unpaired) electrons. The van der Waals surface area contributed by atoms with Gasteiger partial charge in [0.15, 0.2) is 0 Å². The number of nitrogens with zero attached hydrogens (tertiary/aromatic N) is 1. The van der Waals surface area contributed by atoms with Crippen LogP contribution in [-0.4, -0.2) is 27.1 Å². The summed E-state index contributed by atoms with van der Waals surface area (Å²) in [7, 11) is 0. The molecule has 2 N–H and O–H groups in total. The molecule has 0 aliphatic carbocycles. The lowest BCUT2D eigenvalue weighted by Gasteiger charge is -2.10. The lowest BCUT2D eigenvalue weighted by molar-refractivity contribution is 0.169. The highest BCUT2D eigenvalue weighted by Crippen LogP contribution is 2.25. The predicted octanol–water partition coefficient (Wildman–Crippen LogP) is 2.39. The zero-order valence-electron chi connectivity index (χ0n) is 9.76. The van der Waals surface area contributed by atoms with Crippen LogP contribution < -0.4 is 0 Å². The van der Waals surface area contributed by atoms with Gasteiger partial charge < -0.3 is 10.2 Å². The third-order valence-electron chi connectivity index (χ3n) is 2.36. The Labute approximate surface area is 101 Å². The normalized spacial score (nSPS) is 14.8. The van der Waals surface area contributed by atoms with Crippen molar-refractivity contribution >= 4 is 11.8 Å². The molecule has 1 aromatic rings. The SMILES string of the molecule is CCC(O)c1ccc(SC(C)CCO)cn1. The van der Waals surface area contributed by atoms with Gasteiger partial charge in [0.2, 0.25) is 0 Å². The van der Waals surface area contributed by atoms with Gasteiger partial charge >= 0.3 is 0 Å². The van der Waals surface area contributed by atoms with Crippen LogP contribution in [0.2, 0.25) is 0 Å². The van der Waals surface area contributed by atoms with Crippen LogP contribution in [0, 0.1) is 0 Å². The van der Waals surface area contributed by atoms with Crippen molar-refractivity contribution in [1.82, 2.24) is 4.98 Å². The maximum atomic E-state index is 9.58. The van der Waals surface area contributed by atoms with Gasteiger partial charge in [-0.25, -0.2) is 0 Å². The molecule has 1 aromatic heterocycles. The van der Waals surface area contributed by atoms with Crippen LogP contribution in [0.15, 0.2) is 23.2 Å². The molecule has 4 heteroatoms. The molecule has 0 spiro atoms. The second kappa shape index (κ2) is 6.89. The molecule has 0 aliphatic rings. The molecular weight excluding hydrogens is 222 g/mol. The summed E-state index contributed by atoms with van der Waals surface area (Å²) >= 11 is 1.69. The van der Waals surface area contributed by atoms with E-state index in [9.17, 15) is 5.11 Å². The van der Waals surface area contributed by atoms with Crippen molar-refractivity contribution < 1.29 is 10.2 Å². The molecule has 0 fully saturated rings. The average Bonchev–Trinajstić information content (AvgIpc) is 2.29. The molecule has 0 bridgehead atoms. The number of aliphatic hydroxyl groups is 2. The van der Waals surface area contributed by atoms with Gasteiger partial charge in [-0.1, -0.05) is 13.8 Å². The van der Waals surface area contributed by atoms with Crippen LogP contribution in [0.3, 0.4) is 0 Å². The highest BCUT2D eigenvalue weighted by atomic mass is 32.2. The van der Waals surface area contributed by atoms with Crippen molar-refractivity contribution in [1.29, 1.82) is 0 Å². The van der Waals surface area contributed by atoms with Crippen LogP contribution in [0.4, 0.5) is 0 Å². The Morgan fingerprint density at radius 1 is 1.44 bits per heavy atom. The van der Waals surface area contributed by atoms with E-state index in [1.54, 1.807) is 18.0 Å². The fourth-order valence-electron chi connectivity index (χ4n) is 1.34. The Kier molecular flexibility index (Phi) is 5.80. The lowest BCUT2D eigenvalue weighted by Crippen LogP contribution is -2.01. The van der Waals surface area contributed by atoms with Gasteiger partial charge in [-0.05, 0) is 25.0 Å². The van der Waals surface area contributed by atoms with Crippen LogP contribution >= 0.6 is 11.8 Å². The van der Waals surface area contributed by atoms with E-state index in [4.69, 9.17) is 5.11 Å². The smallest absolute Gasteiger partial charge is 0.0957 e. The first-order valence-corrected chi connectivity index (χ1v) is 6.46. The van der Waals surface area contributed by atoms with Gasteiger partial charge in [0.1, 0.15) is 0 Å². The Morgan fingerprint density at radius 3 is 2.69 bits per heavy atom. The molecule has 0 aromatic carbocycles. The van der Waals surface area contributed by atoms with Crippen molar-refractivity contribution in [2.45, 2.75) is 42.9 Å². The molecule has 2 atom stereocenters. The van der Waals surface area contributed by atoms with E-state index in [-0.39, 0.29) is 6.61 Å². The lowest BCUT2D eigenvalue weighted by atomic mass is 10.2.